The number of nitrogens with zero attached hydrogens (tertiary/aromatic N) is 4. The number of amides is 1. The van der Waals surface area contributed by atoms with Gasteiger partial charge >= 0.3 is 0 Å². The SMILES string of the molecule is CCc1cnn([C@H]2CC[C@]3(CNc4ncc(-c5ccc(N)c(C(=O)N(C)C)c5F)c(Cl)c43)C2)c1. The minimum atomic E-state index is -0.685. The van der Waals surface area contributed by atoms with Crippen molar-refractivity contribution in [1.29, 1.82) is 0 Å². The lowest BCUT2D eigenvalue weighted by atomic mass is 9.80. The van der Waals surface area contributed by atoms with Crippen molar-refractivity contribution in [1.82, 2.24) is 19.7 Å². The quantitative estimate of drug-likeness (QED) is 0.527. The normalized spacial score (nSPS) is 21.0. The minimum Gasteiger partial charge on any atom is -0.398 e. The maximum Gasteiger partial charge on any atom is 0.258 e. The molecule has 0 unspecified atom stereocenters. The molecule has 0 bridgehead atoms. The number of nitrogens with two attached hydrogens (primary N) is 1. The van der Waals surface area contributed by atoms with Gasteiger partial charge in [-0.15, -0.1) is 0 Å². The molecule has 2 atom stereocenters. The standard InChI is InChI=1S/C25H28ClFN6O/c1-4-14-10-31-33(12-14)15-7-8-25(9-15)13-30-23-20(25)21(26)17(11-29-23)16-5-6-18(28)19(22(16)27)24(34)32(2)3/h5-6,10-12,15H,4,7-9,13,28H2,1-3H3,(H,29,30)/t15-,25+/m0/s1. The Morgan fingerprint density at radius 3 is 2.85 bits per heavy atom. The van der Waals surface area contributed by atoms with Crippen molar-refractivity contribution in [3.63, 3.8) is 0 Å². The van der Waals surface area contributed by atoms with E-state index in [0.29, 0.717) is 10.6 Å². The fourth-order valence-corrected chi connectivity index (χ4v) is 5.79. The Kier molecular flexibility index (Phi) is 5.51. The van der Waals surface area contributed by atoms with Gasteiger partial charge in [-0.2, -0.15) is 5.10 Å². The zero-order valence-electron chi connectivity index (χ0n) is 19.5. The van der Waals surface area contributed by atoms with Crippen LogP contribution in [0.25, 0.3) is 11.1 Å². The molecule has 1 aliphatic carbocycles. The molecule has 1 amide bonds. The van der Waals surface area contributed by atoms with Crippen molar-refractivity contribution >= 4 is 29.0 Å². The monoisotopic (exact) mass is 482 g/mol. The van der Waals surface area contributed by atoms with Crippen molar-refractivity contribution in [3.8, 4) is 11.1 Å². The Bertz CT molecular complexity index is 1290. The molecule has 1 aromatic carbocycles. The number of fused-ring (bicyclic) bond motifs is 2. The average Bonchev–Trinajstić information content (AvgIpc) is 3.54. The largest absolute Gasteiger partial charge is 0.398 e. The Labute approximate surface area is 203 Å². The molecule has 3 heterocycles. The molecule has 1 spiro atoms. The van der Waals surface area contributed by atoms with E-state index in [-0.39, 0.29) is 28.3 Å². The number of aromatic nitrogens is 3. The third-order valence-corrected chi connectivity index (χ3v) is 7.64. The van der Waals surface area contributed by atoms with Crippen LogP contribution in [-0.4, -0.2) is 46.2 Å². The maximum absolute atomic E-state index is 15.6. The fraction of sp³-hybridized carbons (Fsp3) is 0.400. The Morgan fingerprint density at radius 2 is 2.15 bits per heavy atom. The molecule has 1 fully saturated rings. The second kappa shape index (κ2) is 8.27. The highest BCUT2D eigenvalue weighted by Crippen LogP contribution is 2.54. The van der Waals surface area contributed by atoms with Crippen LogP contribution in [0.4, 0.5) is 15.9 Å². The summed E-state index contributed by atoms with van der Waals surface area (Å²) in [6.07, 6.45) is 9.34. The van der Waals surface area contributed by atoms with Crippen LogP contribution in [0.2, 0.25) is 5.02 Å². The summed E-state index contributed by atoms with van der Waals surface area (Å²) in [5, 5.41) is 8.46. The summed E-state index contributed by atoms with van der Waals surface area (Å²) in [6.45, 7) is 2.85. The molecule has 1 aliphatic heterocycles. The molecule has 5 rings (SSSR count). The molecule has 0 radical (unpaired) electrons. The number of carbonyl (C=O) groups is 1. The molecule has 3 aromatic rings. The third-order valence-electron chi connectivity index (χ3n) is 7.24. The number of hydrogen-bond donors (Lipinski definition) is 2. The first-order chi connectivity index (χ1) is 16.3. The highest BCUT2D eigenvalue weighted by atomic mass is 35.5. The van der Waals surface area contributed by atoms with Crippen LogP contribution >= 0.6 is 11.6 Å². The fourth-order valence-electron chi connectivity index (χ4n) is 5.35. The summed E-state index contributed by atoms with van der Waals surface area (Å²) in [6, 6.07) is 3.38. The molecule has 1 saturated carbocycles. The summed E-state index contributed by atoms with van der Waals surface area (Å²) in [4.78, 5) is 18.5. The van der Waals surface area contributed by atoms with Crippen molar-refractivity contribution in [3.05, 3.63) is 58.3 Å². The van der Waals surface area contributed by atoms with Gasteiger partial charge in [-0.3, -0.25) is 9.48 Å². The van der Waals surface area contributed by atoms with E-state index in [2.05, 4.69) is 33.2 Å². The smallest absolute Gasteiger partial charge is 0.258 e. The van der Waals surface area contributed by atoms with Gasteiger partial charge in [0.1, 0.15) is 11.6 Å². The Hall–Kier alpha value is -3.13. The first kappa shape index (κ1) is 22.7. The number of nitrogens with one attached hydrogen (secondary N) is 1. The molecule has 3 N–H and O–H groups in total. The lowest BCUT2D eigenvalue weighted by Gasteiger charge is -2.25. The van der Waals surface area contributed by atoms with Gasteiger partial charge in [0, 0.05) is 60.8 Å². The van der Waals surface area contributed by atoms with Gasteiger partial charge in [0.15, 0.2) is 0 Å². The highest BCUT2D eigenvalue weighted by molar-refractivity contribution is 6.34. The van der Waals surface area contributed by atoms with E-state index in [1.165, 1.54) is 10.5 Å². The van der Waals surface area contributed by atoms with E-state index >= 15 is 4.39 Å². The van der Waals surface area contributed by atoms with E-state index in [1.54, 1.807) is 32.4 Å². The number of halogens is 2. The predicted molar refractivity (Wildman–Crippen MR) is 132 cm³/mol. The zero-order valence-corrected chi connectivity index (χ0v) is 20.3. The lowest BCUT2D eigenvalue weighted by molar-refractivity contribution is 0.0824. The molecule has 34 heavy (non-hydrogen) atoms. The summed E-state index contributed by atoms with van der Waals surface area (Å²) in [7, 11) is 3.12. The summed E-state index contributed by atoms with van der Waals surface area (Å²) < 4.78 is 17.7. The highest BCUT2D eigenvalue weighted by Gasteiger charge is 2.48. The molecular weight excluding hydrogens is 455 g/mol. The van der Waals surface area contributed by atoms with Gasteiger partial charge in [0.05, 0.1) is 22.8 Å². The number of anilines is 2. The van der Waals surface area contributed by atoms with E-state index < -0.39 is 11.7 Å². The van der Waals surface area contributed by atoms with Crippen molar-refractivity contribution < 1.29 is 9.18 Å². The number of rotatable bonds is 4. The van der Waals surface area contributed by atoms with Gasteiger partial charge in [0.2, 0.25) is 0 Å². The van der Waals surface area contributed by atoms with Crippen LogP contribution in [0.5, 0.6) is 0 Å². The van der Waals surface area contributed by atoms with E-state index in [9.17, 15) is 4.79 Å². The molecule has 178 valence electrons. The number of benzene rings is 1. The molecule has 7 nitrogen and oxygen atoms in total. The number of nitrogen functional groups attached to an aromatic ring is 1. The minimum absolute atomic E-state index is 0.0904. The number of pyridine rings is 1. The van der Waals surface area contributed by atoms with Gasteiger partial charge in [-0.25, -0.2) is 9.37 Å². The second-order valence-corrected chi connectivity index (χ2v) is 9.89. The van der Waals surface area contributed by atoms with Gasteiger partial charge in [-0.05, 0) is 43.4 Å². The van der Waals surface area contributed by atoms with Crippen LogP contribution in [0, 0.1) is 5.82 Å². The van der Waals surface area contributed by atoms with Crippen molar-refractivity contribution in [2.24, 2.45) is 0 Å². The zero-order chi connectivity index (χ0) is 24.2. The molecule has 2 aliphatic rings. The van der Waals surface area contributed by atoms with E-state index in [4.69, 9.17) is 17.3 Å². The summed E-state index contributed by atoms with van der Waals surface area (Å²) >= 11 is 6.99. The Morgan fingerprint density at radius 1 is 1.35 bits per heavy atom. The van der Waals surface area contributed by atoms with Gasteiger partial charge in [0.25, 0.3) is 5.91 Å². The van der Waals surface area contributed by atoms with E-state index in [0.717, 1.165) is 43.6 Å². The maximum atomic E-state index is 15.6. The number of carbonyl (C=O) groups excluding carboxylic acids is 1. The van der Waals surface area contributed by atoms with Crippen LogP contribution in [0.3, 0.4) is 0 Å². The summed E-state index contributed by atoms with van der Waals surface area (Å²) in [5.74, 6) is -0.440. The lowest BCUT2D eigenvalue weighted by Crippen LogP contribution is -2.26. The average molecular weight is 483 g/mol. The number of aryl methyl sites for hydroxylation is 1. The van der Waals surface area contributed by atoms with E-state index in [1.807, 2.05) is 6.20 Å². The van der Waals surface area contributed by atoms with Crippen molar-refractivity contribution in [2.45, 2.75) is 44.1 Å². The van der Waals surface area contributed by atoms with Gasteiger partial charge < -0.3 is 16.0 Å². The Balaban J connectivity index is 1.56. The van der Waals surface area contributed by atoms with Crippen LogP contribution in [0.1, 0.15) is 53.7 Å². The first-order valence-corrected chi connectivity index (χ1v) is 11.9. The van der Waals surface area contributed by atoms with Crippen LogP contribution in [0.15, 0.2) is 30.7 Å². The molecule has 9 heteroatoms. The summed E-state index contributed by atoms with van der Waals surface area (Å²) in [5.41, 5.74) is 8.51. The first-order valence-electron chi connectivity index (χ1n) is 11.5. The molecular formula is C25H28ClFN6O. The van der Waals surface area contributed by atoms with Crippen LogP contribution in [-0.2, 0) is 11.8 Å². The predicted octanol–water partition coefficient (Wildman–Crippen LogP) is 4.67. The second-order valence-electron chi connectivity index (χ2n) is 9.51. The molecule has 0 saturated heterocycles. The van der Waals surface area contributed by atoms with Crippen LogP contribution < -0.4 is 11.1 Å². The number of hydrogen-bond acceptors (Lipinski definition) is 5. The molecule has 2 aromatic heterocycles. The third kappa shape index (κ3) is 3.43. The topological polar surface area (TPSA) is 89.1 Å². The van der Waals surface area contributed by atoms with Crippen molar-refractivity contribution in [2.75, 3.05) is 31.7 Å². The van der Waals surface area contributed by atoms with Gasteiger partial charge in [-0.1, -0.05) is 18.5 Å².